The second-order valence-electron chi connectivity index (χ2n) is 7.42. The Morgan fingerprint density at radius 2 is 1.90 bits per heavy atom. The van der Waals surface area contributed by atoms with Crippen molar-refractivity contribution in [3.63, 3.8) is 0 Å². The van der Waals surface area contributed by atoms with Crippen molar-refractivity contribution >= 4 is 22.7 Å². The molecule has 8 heteroatoms. The van der Waals surface area contributed by atoms with Gasteiger partial charge in [0.2, 0.25) is 5.78 Å². The van der Waals surface area contributed by atoms with E-state index in [1.807, 2.05) is 24.5 Å². The molecule has 0 saturated heterocycles. The molecule has 3 aromatic rings. The van der Waals surface area contributed by atoms with Crippen molar-refractivity contribution in [2.24, 2.45) is 7.05 Å². The first-order chi connectivity index (χ1) is 14.8. The molecule has 0 aliphatic rings. The Bertz CT molecular complexity index is 1180. The first-order valence-corrected chi connectivity index (χ1v) is 10.1. The molecule has 8 nitrogen and oxygen atoms in total. The molecule has 0 aliphatic carbocycles. The number of para-hydroxylation sites is 1. The fourth-order valence-electron chi connectivity index (χ4n) is 3.61. The van der Waals surface area contributed by atoms with Crippen molar-refractivity contribution in [1.29, 1.82) is 0 Å². The largest absolute Gasteiger partial charge is 0.457 e. The summed E-state index contributed by atoms with van der Waals surface area (Å²) >= 11 is 0. The van der Waals surface area contributed by atoms with Gasteiger partial charge in [0.05, 0.1) is 23.9 Å². The molecule has 2 heterocycles. The molecule has 0 N–H and O–H groups in total. The van der Waals surface area contributed by atoms with Gasteiger partial charge < -0.3 is 14.0 Å². The summed E-state index contributed by atoms with van der Waals surface area (Å²) in [7, 11) is 3.26. The minimum Gasteiger partial charge on any atom is -0.457 e. The zero-order chi connectivity index (χ0) is 22.5. The van der Waals surface area contributed by atoms with E-state index in [9.17, 15) is 14.4 Å². The van der Waals surface area contributed by atoms with Gasteiger partial charge in [-0.1, -0.05) is 12.1 Å². The van der Waals surface area contributed by atoms with E-state index in [-0.39, 0.29) is 30.8 Å². The van der Waals surface area contributed by atoms with E-state index in [0.717, 1.165) is 11.4 Å². The second kappa shape index (κ2) is 9.70. The quantitative estimate of drug-likeness (QED) is 0.386. The average Bonchev–Trinajstić information content (AvgIpc) is 3.05. The van der Waals surface area contributed by atoms with Crippen LogP contribution in [0.2, 0.25) is 0 Å². The van der Waals surface area contributed by atoms with Crippen LogP contribution in [0.4, 0.5) is 0 Å². The van der Waals surface area contributed by atoms with Gasteiger partial charge in [-0.2, -0.15) is 0 Å². The van der Waals surface area contributed by atoms with E-state index in [4.69, 9.17) is 9.47 Å². The Balaban J connectivity index is 1.60. The molecule has 164 valence electrons. The molecule has 31 heavy (non-hydrogen) atoms. The number of rotatable bonds is 9. The van der Waals surface area contributed by atoms with Gasteiger partial charge in [-0.15, -0.1) is 0 Å². The molecule has 0 bridgehead atoms. The number of hydrogen-bond acceptors (Lipinski definition) is 6. The normalized spacial score (nSPS) is 11.1. The van der Waals surface area contributed by atoms with Gasteiger partial charge in [-0.25, -0.2) is 4.98 Å². The zero-order valence-corrected chi connectivity index (χ0v) is 18.3. The maximum atomic E-state index is 12.5. The Kier molecular flexibility index (Phi) is 7.02. The van der Waals surface area contributed by atoms with E-state index in [1.165, 1.54) is 4.57 Å². The van der Waals surface area contributed by atoms with Gasteiger partial charge in [-0.05, 0) is 32.0 Å². The van der Waals surface area contributed by atoms with Crippen molar-refractivity contribution < 1.29 is 19.1 Å². The lowest BCUT2D eigenvalue weighted by Crippen LogP contribution is -2.23. The van der Waals surface area contributed by atoms with Gasteiger partial charge >= 0.3 is 5.97 Å². The molecular formula is C23H27N3O5. The van der Waals surface area contributed by atoms with Crippen LogP contribution in [-0.4, -0.2) is 46.2 Å². The Morgan fingerprint density at radius 1 is 1.16 bits per heavy atom. The number of Topliss-reactive ketones (excluding diaryl/α,β-unsaturated/α-hetero) is 1. The highest BCUT2D eigenvalue weighted by molar-refractivity contribution is 5.99. The fourth-order valence-corrected chi connectivity index (χ4v) is 3.61. The number of ketones is 1. The molecule has 0 aliphatic heterocycles. The van der Waals surface area contributed by atoms with Gasteiger partial charge in [0, 0.05) is 44.1 Å². The number of fused-ring (bicyclic) bond motifs is 1. The van der Waals surface area contributed by atoms with Crippen LogP contribution in [-0.2, 0) is 34.3 Å². The maximum Gasteiger partial charge on any atom is 0.306 e. The summed E-state index contributed by atoms with van der Waals surface area (Å²) in [4.78, 5) is 41.7. The molecule has 0 amide bonds. The molecule has 0 radical (unpaired) electrons. The summed E-state index contributed by atoms with van der Waals surface area (Å²) < 4.78 is 13.7. The molecule has 1 aromatic carbocycles. The number of aromatic nitrogens is 3. The van der Waals surface area contributed by atoms with Crippen LogP contribution >= 0.6 is 0 Å². The molecule has 0 atom stereocenters. The molecule has 0 fully saturated rings. The second-order valence-corrected chi connectivity index (χ2v) is 7.42. The number of carbonyl (C=O) groups is 2. The fraction of sp³-hybridized carbons (Fsp3) is 0.391. The van der Waals surface area contributed by atoms with Crippen molar-refractivity contribution in [2.45, 2.75) is 33.2 Å². The summed E-state index contributed by atoms with van der Waals surface area (Å²) in [5.41, 5.74) is 2.75. The highest BCUT2D eigenvalue weighted by Crippen LogP contribution is 2.16. The monoisotopic (exact) mass is 425 g/mol. The summed E-state index contributed by atoms with van der Waals surface area (Å²) in [6.45, 7) is 4.66. The van der Waals surface area contributed by atoms with Crippen LogP contribution in [0.3, 0.4) is 0 Å². The summed E-state index contributed by atoms with van der Waals surface area (Å²) in [6.07, 6.45) is 0.272. The Hall–Kier alpha value is -3.26. The van der Waals surface area contributed by atoms with Crippen molar-refractivity contribution in [1.82, 2.24) is 14.1 Å². The lowest BCUT2D eigenvalue weighted by molar-refractivity contribution is -0.142. The number of methoxy groups -OCH3 is 1. The number of carbonyl (C=O) groups excluding carboxylic acids is 2. The number of nitrogens with zero attached hydrogens (tertiary/aromatic N) is 3. The molecular weight excluding hydrogens is 398 g/mol. The smallest absolute Gasteiger partial charge is 0.306 e. The van der Waals surface area contributed by atoms with Crippen LogP contribution in [0.15, 0.2) is 35.1 Å². The van der Waals surface area contributed by atoms with Crippen molar-refractivity contribution in [3.05, 3.63) is 63.5 Å². The highest BCUT2D eigenvalue weighted by Gasteiger charge is 2.18. The third-order valence-corrected chi connectivity index (χ3v) is 5.39. The van der Waals surface area contributed by atoms with Gasteiger partial charge in [0.1, 0.15) is 5.82 Å². The molecule has 2 aromatic heterocycles. The van der Waals surface area contributed by atoms with Crippen molar-refractivity contribution in [3.8, 4) is 0 Å². The van der Waals surface area contributed by atoms with Crippen LogP contribution in [0, 0.1) is 13.8 Å². The van der Waals surface area contributed by atoms with E-state index in [1.54, 1.807) is 38.4 Å². The van der Waals surface area contributed by atoms with Crippen LogP contribution in [0.25, 0.3) is 10.9 Å². The average molecular weight is 425 g/mol. The predicted octanol–water partition coefficient (Wildman–Crippen LogP) is 2.36. The highest BCUT2D eigenvalue weighted by atomic mass is 16.5. The predicted molar refractivity (Wildman–Crippen MR) is 116 cm³/mol. The first kappa shape index (κ1) is 22.4. The Morgan fingerprint density at radius 3 is 2.65 bits per heavy atom. The van der Waals surface area contributed by atoms with Gasteiger partial charge in [0.25, 0.3) is 5.56 Å². The number of ether oxygens (including phenoxy) is 2. The van der Waals surface area contributed by atoms with Gasteiger partial charge in [0.15, 0.2) is 6.61 Å². The number of benzene rings is 1. The third-order valence-electron chi connectivity index (χ3n) is 5.39. The van der Waals surface area contributed by atoms with Crippen LogP contribution in [0.1, 0.15) is 34.0 Å². The molecule has 0 saturated carbocycles. The maximum absolute atomic E-state index is 12.5. The lowest BCUT2D eigenvalue weighted by atomic mass is 10.1. The summed E-state index contributed by atoms with van der Waals surface area (Å²) in [6, 6.07) is 8.88. The van der Waals surface area contributed by atoms with Crippen LogP contribution in [0.5, 0.6) is 0 Å². The molecule has 3 rings (SSSR count). The third kappa shape index (κ3) is 4.91. The number of esters is 1. The summed E-state index contributed by atoms with van der Waals surface area (Å²) in [5, 5.41) is 0.532. The zero-order valence-electron chi connectivity index (χ0n) is 18.3. The minimum atomic E-state index is -0.510. The summed E-state index contributed by atoms with van der Waals surface area (Å²) in [5.74, 6) is -0.265. The number of aryl methyl sites for hydroxylation is 2. The SMILES string of the molecule is COCCn1c(C)cc(C(=O)COC(=O)CCc2nc3ccccc3c(=O)n2C)c1C. The molecule has 0 unspecified atom stereocenters. The van der Waals surface area contributed by atoms with E-state index < -0.39 is 5.97 Å². The molecule has 0 spiro atoms. The number of hydrogen-bond donors (Lipinski definition) is 0. The topological polar surface area (TPSA) is 92.4 Å². The minimum absolute atomic E-state index is 0.0265. The standard InChI is InChI=1S/C23H27N3O5/c1-15-13-18(16(2)26(15)11-12-30-4)20(27)14-31-22(28)10-9-21-24-19-8-6-5-7-17(19)23(29)25(21)3/h5-8,13H,9-12,14H2,1-4H3. The van der Waals surface area contributed by atoms with Gasteiger partial charge in [-0.3, -0.25) is 19.0 Å². The first-order valence-electron chi connectivity index (χ1n) is 10.1. The van der Waals surface area contributed by atoms with E-state index in [2.05, 4.69) is 4.98 Å². The van der Waals surface area contributed by atoms with E-state index in [0.29, 0.717) is 35.4 Å². The van der Waals surface area contributed by atoms with Crippen LogP contribution < -0.4 is 5.56 Å². The van der Waals surface area contributed by atoms with Crippen molar-refractivity contribution in [2.75, 3.05) is 20.3 Å². The van der Waals surface area contributed by atoms with E-state index >= 15 is 0 Å². The lowest BCUT2D eigenvalue weighted by Gasteiger charge is -2.10. The Labute approximate surface area is 180 Å².